The van der Waals surface area contributed by atoms with E-state index in [1.807, 2.05) is 6.07 Å². The van der Waals surface area contributed by atoms with E-state index in [0.717, 1.165) is 0 Å². The average molecular weight is 347 g/mol. The highest BCUT2D eigenvalue weighted by Crippen LogP contribution is 1.89. The molecule has 6 heteroatoms. The van der Waals surface area contributed by atoms with Crippen LogP contribution in [0.25, 0.3) is 0 Å². The highest BCUT2D eigenvalue weighted by Gasteiger charge is 2.29. The lowest BCUT2D eigenvalue weighted by molar-refractivity contribution is 0.249. The summed E-state index contributed by atoms with van der Waals surface area (Å²) in [4.78, 5) is 26.2. The molecule has 0 bridgehead atoms. The van der Waals surface area contributed by atoms with Crippen molar-refractivity contribution in [1.29, 1.82) is 0 Å². The van der Waals surface area contributed by atoms with Crippen LogP contribution in [0.1, 0.15) is 29.7 Å². The van der Waals surface area contributed by atoms with Crippen molar-refractivity contribution in [3.8, 4) is 0 Å². The SMILES string of the molecule is C.C.C.C.O.O[Si](O)(O)c1ccccc1.[SiH3]c1ccccc1. The summed E-state index contributed by atoms with van der Waals surface area (Å²) in [6.07, 6.45) is 0. The van der Waals surface area contributed by atoms with Crippen molar-refractivity contribution < 1.29 is 19.9 Å². The van der Waals surface area contributed by atoms with E-state index in [4.69, 9.17) is 14.4 Å². The number of rotatable bonds is 1. The molecule has 2 rings (SSSR count). The van der Waals surface area contributed by atoms with Crippen LogP contribution in [-0.2, 0) is 0 Å². The monoisotopic (exact) mass is 346 g/mol. The molecule has 0 aliphatic rings. The van der Waals surface area contributed by atoms with Gasteiger partial charge in [0.15, 0.2) is 0 Å². The van der Waals surface area contributed by atoms with Crippen molar-refractivity contribution in [2.45, 2.75) is 29.7 Å². The molecule has 0 unspecified atom stereocenters. The first-order valence-corrected chi connectivity index (χ1v) is 8.08. The van der Waals surface area contributed by atoms with Gasteiger partial charge in [-0.3, -0.25) is 0 Å². The maximum atomic E-state index is 8.74. The predicted molar refractivity (Wildman–Crippen MR) is 105 cm³/mol. The van der Waals surface area contributed by atoms with Crippen molar-refractivity contribution in [1.82, 2.24) is 0 Å². The van der Waals surface area contributed by atoms with Gasteiger partial charge in [0.1, 0.15) is 0 Å². The maximum Gasteiger partial charge on any atom is 0.528 e. The van der Waals surface area contributed by atoms with Crippen LogP contribution in [0.4, 0.5) is 0 Å². The summed E-state index contributed by atoms with van der Waals surface area (Å²) in [5.74, 6) is 0. The molecule has 0 aromatic heterocycles. The van der Waals surface area contributed by atoms with E-state index in [1.165, 1.54) is 27.6 Å². The molecule has 2 aromatic carbocycles. The van der Waals surface area contributed by atoms with Gasteiger partial charge in [-0.15, -0.1) is 0 Å². The van der Waals surface area contributed by atoms with Crippen LogP contribution in [0.3, 0.4) is 0 Å². The largest absolute Gasteiger partial charge is 0.528 e. The molecule has 0 radical (unpaired) electrons. The number of benzene rings is 2. The first kappa shape index (κ1) is 32.6. The van der Waals surface area contributed by atoms with E-state index < -0.39 is 8.80 Å². The molecule has 130 valence electrons. The van der Waals surface area contributed by atoms with Crippen LogP contribution >= 0.6 is 0 Å². The van der Waals surface area contributed by atoms with Crippen molar-refractivity contribution in [3.05, 3.63) is 60.7 Å². The van der Waals surface area contributed by atoms with Gasteiger partial charge in [0, 0.05) is 15.4 Å². The van der Waals surface area contributed by atoms with E-state index >= 15 is 0 Å². The van der Waals surface area contributed by atoms with Gasteiger partial charge in [0.05, 0.1) is 0 Å². The zero-order valence-electron chi connectivity index (χ0n) is 10.1. The van der Waals surface area contributed by atoms with Crippen LogP contribution < -0.4 is 10.4 Å². The van der Waals surface area contributed by atoms with E-state index in [2.05, 4.69) is 24.3 Å². The number of hydrogen-bond acceptors (Lipinski definition) is 3. The molecule has 0 spiro atoms. The fraction of sp³-hybridized carbons (Fsp3) is 0.250. The minimum atomic E-state index is -4.03. The second-order valence-electron chi connectivity index (χ2n) is 3.66. The lowest BCUT2D eigenvalue weighted by atomic mass is 10.4. The molecule has 0 fully saturated rings. The van der Waals surface area contributed by atoms with Gasteiger partial charge < -0.3 is 19.9 Å². The molecule has 0 saturated carbocycles. The summed E-state index contributed by atoms with van der Waals surface area (Å²) in [6, 6.07) is 18.5. The van der Waals surface area contributed by atoms with Crippen LogP contribution in [0, 0.1) is 0 Å². The Bertz CT molecular complexity index is 431. The molecule has 0 saturated heterocycles. The summed E-state index contributed by atoms with van der Waals surface area (Å²) < 4.78 is 0. The van der Waals surface area contributed by atoms with E-state index in [9.17, 15) is 0 Å². The van der Waals surface area contributed by atoms with Gasteiger partial charge in [-0.2, -0.15) is 0 Å². The molecule has 4 nitrogen and oxygen atoms in total. The highest BCUT2D eigenvalue weighted by molar-refractivity contribution is 6.71. The minimum absolute atomic E-state index is 0. The molecular weight excluding hydrogens is 312 g/mol. The first-order chi connectivity index (χ1) is 8.00. The van der Waals surface area contributed by atoms with E-state index in [-0.39, 0.29) is 40.4 Å². The Morgan fingerprint density at radius 1 is 0.636 bits per heavy atom. The molecule has 22 heavy (non-hydrogen) atoms. The van der Waals surface area contributed by atoms with Crippen LogP contribution in [-0.4, -0.2) is 38.9 Å². The van der Waals surface area contributed by atoms with Crippen LogP contribution in [0.5, 0.6) is 0 Å². The van der Waals surface area contributed by atoms with Crippen molar-refractivity contribution >= 4 is 29.4 Å². The normalized spacial score (nSPS) is 8.14. The first-order valence-electron chi connectivity index (χ1n) is 5.24. The lowest BCUT2D eigenvalue weighted by Gasteiger charge is -2.07. The minimum Gasteiger partial charge on any atom is -0.412 e. The lowest BCUT2D eigenvalue weighted by Crippen LogP contribution is -2.48. The van der Waals surface area contributed by atoms with Gasteiger partial charge in [0.25, 0.3) is 0 Å². The Balaban J connectivity index is -0.0000000737. The van der Waals surface area contributed by atoms with Crippen molar-refractivity contribution in [2.24, 2.45) is 0 Å². The third kappa shape index (κ3) is 13.7. The Morgan fingerprint density at radius 3 is 1.14 bits per heavy atom. The Morgan fingerprint density at radius 2 is 0.955 bits per heavy atom. The van der Waals surface area contributed by atoms with Gasteiger partial charge in [-0.1, -0.05) is 95.6 Å². The summed E-state index contributed by atoms with van der Waals surface area (Å²) in [6.45, 7) is 0. The zero-order chi connectivity index (χ0) is 12.7. The molecule has 0 aliphatic heterocycles. The quantitative estimate of drug-likeness (QED) is 0.644. The summed E-state index contributed by atoms with van der Waals surface area (Å²) in [7, 11) is -2.86. The molecule has 2 aromatic rings. The average Bonchev–Trinajstić information content (AvgIpc) is 2.31. The summed E-state index contributed by atoms with van der Waals surface area (Å²) in [5.41, 5.74) is 0. The van der Waals surface area contributed by atoms with Gasteiger partial charge in [0.2, 0.25) is 0 Å². The van der Waals surface area contributed by atoms with Gasteiger partial charge in [-0.25, -0.2) is 0 Å². The predicted octanol–water partition coefficient (Wildman–Crippen LogP) is 0.206. The van der Waals surface area contributed by atoms with Gasteiger partial charge >= 0.3 is 8.80 Å². The highest BCUT2D eigenvalue weighted by atomic mass is 28.4. The smallest absolute Gasteiger partial charge is 0.412 e. The van der Waals surface area contributed by atoms with Gasteiger partial charge in [-0.05, 0) is 0 Å². The molecule has 0 atom stereocenters. The third-order valence-corrected chi connectivity index (χ3v) is 3.88. The summed E-state index contributed by atoms with van der Waals surface area (Å²) in [5, 5.41) is 1.66. The third-order valence-electron chi connectivity index (χ3n) is 2.10. The Hall–Kier alpha value is -1.29. The Labute approximate surface area is 140 Å². The fourth-order valence-electron chi connectivity index (χ4n) is 1.20. The standard InChI is InChI=1S/C6H8O3Si.C6H8Si.4CH4.H2O/c7-10(8,9)6-4-2-1-3-5-6;7-6-4-2-1-3-5-6;;;;;/h1-5,7-9H;1-5H,7H3;4*1H4;1H2. The van der Waals surface area contributed by atoms with E-state index in [1.54, 1.807) is 18.2 Å². The number of hydrogen-bond donors (Lipinski definition) is 3. The zero-order valence-corrected chi connectivity index (χ0v) is 13.1. The molecule has 0 amide bonds. The fourth-order valence-corrected chi connectivity index (χ4v) is 2.22. The molecule has 0 aliphatic carbocycles. The van der Waals surface area contributed by atoms with Crippen molar-refractivity contribution in [2.75, 3.05) is 0 Å². The topological polar surface area (TPSA) is 92.2 Å². The second kappa shape index (κ2) is 16.1. The molecule has 5 N–H and O–H groups in total. The molecule has 0 heterocycles. The second-order valence-corrected chi connectivity index (χ2v) is 6.66. The van der Waals surface area contributed by atoms with Crippen LogP contribution in [0.2, 0.25) is 0 Å². The van der Waals surface area contributed by atoms with E-state index in [0.29, 0.717) is 0 Å². The molecular formula is C16H34O4Si2. The summed E-state index contributed by atoms with van der Waals surface area (Å²) >= 11 is 0. The Kier molecular flexibility index (Phi) is 23.8. The maximum absolute atomic E-state index is 8.74. The van der Waals surface area contributed by atoms with Crippen molar-refractivity contribution in [3.63, 3.8) is 0 Å². The van der Waals surface area contributed by atoms with Crippen LogP contribution in [0.15, 0.2) is 60.7 Å².